The van der Waals surface area contributed by atoms with Gasteiger partial charge in [0.05, 0.1) is 17.7 Å². The van der Waals surface area contributed by atoms with Crippen molar-refractivity contribution in [2.24, 2.45) is 11.1 Å². The number of ether oxygens (including phenoxy) is 1. The molecule has 0 bridgehead atoms. The number of hydrogen-bond donors (Lipinski definition) is 0. The molecule has 39 heavy (non-hydrogen) atoms. The van der Waals surface area contributed by atoms with E-state index in [9.17, 15) is 13.6 Å². The normalized spacial score (nSPS) is 17.1. The van der Waals surface area contributed by atoms with Crippen LogP contribution in [0.15, 0.2) is 108 Å². The molecule has 4 aromatic rings. The average Bonchev–Trinajstić information content (AvgIpc) is 2.96. The summed E-state index contributed by atoms with van der Waals surface area (Å²) in [6, 6.07) is 29.4. The fraction of sp³-hybridized carbons (Fsp3) is 0.188. The zero-order valence-corrected chi connectivity index (χ0v) is 21.5. The van der Waals surface area contributed by atoms with Gasteiger partial charge in [-0.1, -0.05) is 59.8 Å². The molecule has 1 heterocycles. The van der Waals surface area contributed by atoms with Crippen LogP contribution in [-0.2, 0) is 16.2 Å². The maximum atomic E-state index is 13.6. The molecule has 1 saturated heterocycles. The van der Waals surface area contributed by atoms with Gasteiger partial charge >= 0.3 is 0 Å². The van der Waals surface area contributed by atoms with Gasteiger partial charge in [0.25, 0.3) is 0 Å². The Hall–Kier alpha value is -4.52. The van der Waals surface area contributed by atoms with E-state index in [-0.39, 0.29) is 29.5 Å². The quantitative estimate of drug-likeness (QED) is 0.126. The van der Waals surface area contributed by atoms with Crippen LogP contribution in [0.2, 0.25) is 0 Å². The molecule has 2 atom stereocenters. The molecule has 5 nitrogen and oxygen atoms in total. The summed E-state index contributed by atoms with van der Waals surface area (Å²) in [6.45, 7) is 0.456. The Morgan fingerprint density at radius 1 is 0.846 bits per heavy atom. The number of carbonyl (C=O) groups excluding carboxylic acids is 1. The number of β-lactam (4-membered cyclic amide) rings is 1. The number of oxime groups is 1. The number of benzene rings is 4. The molecule has 1 amide bonds. The lowest BCUT2D eigenvalue weighted by molar-refractivity contribution is -0.130. The summed E-state index contributed by atoms with van der Waals surface area (Å²) in [5, 5.41) is 4.13. The van der Waals surface area contributed by atoms with Crippen molar-refractivity contribution in [1.29, 1.82) is 0 Å². The molecule has 1 aliphatic rings. The van der Waals surface area contributed by atoms with Crippen molar-refractivity contribution in [3.8, 4) is 5.75 Å². The van der Waals surface area contributed by atoms with Crippen LogP contribution >= 0.6 is 0 Å². The van der Waals surface area contributed by atoms with Crippen LogP contribution in [0, 0.1) is 17.6 Å². The van der Waals surface area contributed by atoms with Crippen molar-refractivity contribution in [3.05, 3.63) is 131 Å². The standard InChI is InChI=1S/C32H28F2N2O3/c1-38-35-30(23-7-11-25(33)12-8-23)20-19-29-31(36(32(29)37)27-15-13-26(34)14-16-27)24-9-17-28(18-10-24)39-21-22-5-3-2-4-6-22/h2-18,29,31H,19-21H2,1H3/b35-30-/t29-,31-/m1/s1. The SMILES string of the molecule is CO/N=C(/CC[C@H]1C(=O)N(c2ccc(F)cc2)[C@@H]1c1ccc(OCc2ccccc2)cc1)c1ccc(F)cc1. The second kappa shape index (κ2) is 11.9. The molecular formula is C32H28F2N2O3. The van der Waals surface area contributed by atoms with Crippen LogP contribution in [0.25, 0.3) is 0 Å². The minimum atomic E-state index is -0.362. The van der Waals surface area contributed by atoms with Gasteiger partial charge in [-0.15, -0.1) is 0 Å². The van der Waals surface area contributed by atoms with Crippen LogP contribution in [0.1, 0.15) is 35.6 Å². The highest BCUT2D eigenvalue weighted by Crippen LogP contribution is 2.46. The number of halogens is 2. The van der Waals surface area contributed by atoms with Crippen molar-refractivity contribution in [2.45, 2.75) is 25.5 Å². The molecule has 1 aliphatic heterocycles. The summed E-state index contributed by atoms with van der Waals surface area (Å²) in [5.74, 6) is -0.347. The van der Waals surface area contributed by atoms with E-state index in [1.54, 1.807) is 29.2 Å². The number of hydrogen-bond acceptors (Lipinski definition) is 4. The molecule has 0 unspecified atom stereocenters. The maximum Gasteiger partial charge on any atom is 0.233 e. The molecule has 0 saturated carbocycles. The van der Waals surface area contributed by atoms with Gasteiger partial charge in [0.2, 0.25) is 5.91 Å². The van der Waals surface area contributed by atoms with E-state index in [2.05, 4.69) is 5.16 Å². The first kappa shape index (κ1) is 26.1. The molecule has 198 valence electrons. The first-order valence-electron chi connectivity index (χ1n) is 12.7. The van der Waals surface area contributed by atoms with Crippen LogP contribution in [0.5, 0.6) is 5.75 Å². The predicted octanol–water partition coefficient (Wildman–Crippen LogP) is 7.08. The fourth-order valence-corrected chi connectivity index (χ4v) is 4.89. The van der Waals surface area contributed by atoms with Crippen molar-refractivity contribution < 1.29 is 23.1 Å². The first-order valence-corrected chi connectivity index (χ1v) is 12.7. The smallest absolute Gasteiger partial charge is 0.233 e. The minimum absolute atomic E-state index is 0.0492. The van der Waals surface area contributed by atoms with Gasteiger partial charge < -0.3 is 14.5 Å². The summed E-state index contributed by atoms with van der Waals surface area (Å²) in [5.41, 5.74) is 4.02. The summed E-state index contributed by atoms with van der Waals surface area (Å²) in [7, 11) is 1.46. The van der Waals surface area contributed by atoms with Gasteiger partial charge in [-0.3, -0.25) is 4.79 Å². The molecule has 0 spiro atoms. The van der Waals surface area contributed by atoms with E-state index in [1.165, 1.54) is 31.4 Å². The predicted molar refractivity (Wildman–Crippen MR) is 147 cm³/mol. The van der Waals surface area contributed by atoms with E-state index < -0.39 is 0 Å². The number of nitrogens with zero attached hydrogens (tertiary/aromatic N) is 2. The molecule has 0 N–H and O–H groups in total. The molecule has 0 aliphatic carbocycles. The average molecular weight is 527 g/mol. The second-order valence-electron chi connectivity index (χ2n) is 9.35. The molecule has 0 radical (unpaired) electrons. The molecular weight excluding hydrogens is 498 g/mol. The monoisotopic (exact) mass is 526 g/mol. The topological polar surface area (TPSA) is 51.1 Å². The molecule has 0 aromatic heterocycles. The first-order chi connectivity index (χ1) is 19.0. The van der Waals surface area contributed by atoms with Crippen molar-refractivity contribution in [2.75, 3.05) is 12.0 Å². The highest BCUT2D eigenvalue weighted by Gasteiger charge is 2.48. The Morgan fingerprint density at radius 3 is 2.13 bits per heavy atom. The van der Waals surface area contributed by atoms with E-state index >= 15 is 0 Å². The third kappa shape index (κ3) is 5.98. The van der Waals surface area contributed by atoms with Gasteiger partial charge in [0.15, 0.2) is 0 Å². The number of carbonyl (C=O) groups is 1. The Bertz CT molecular complexity index is 1420. The molecule has 4 aromatic carbocycles. The lowest BCUT2D eigenvalue weighted by atomic mass is 9.78. The summed E-state index contributed by atoms with van der Waals surface area (Å²) < 4.78 is 33.0. The van der Waals surface area contributed by atoms with Crippen LogP contribution in [-0.4, -0.2) is 18.7 Å². The van der Waals surface area contributed by atoms with Gasteiger partial charge in [0.1, 0.15) is 31.1 Å². The highest BCUT2D eigenvalue weighted by molar-refractivity contribution is 6.04. The zero-order chi connectivity index (χ0) is 27.2. The largest absolute Gasteiger partial charge is 0.489 e. The van der Waals surface area contributed by atoms with E-state index in [0.717, 1.165) is 22.4 Å². The van der Waals surface area contributed by atoms with E-state index in [4.69, 9.17) is 9.57 Å². The summed E-state index contributed by atoms with van der Waals surface area (Å²) >= 11 is 0. The van der Waals surface area contributed by atoms with Crippen molar-refractivity contribution in [3.63, 3.8) is 0 Å². The fourth-order valence-electron chi connectivity index (χ4n) is 4.89. The number of anilines is 1. The highest BCUT2D eigenvalue weighted by atomic mass is 19.1. The summed E-state index contributed by atoms with van der Waals surface area (Å²) in [4.78, 5) is 20.1. The summed E-state index contributed by atoms with van der Waals surface area (Å²) in [6.07, 6.45) is 0.967. The number of rotatable bonds is 10. The molecule has 5 rings (SSSR count). The molecule has 1 fully saturated rings. The van der Waals surface area contributed by atoms with E-state index in [0.29, 0.717) is 30.8 Å². The Labute approximate surface area is 226 Å². The Balaban J connectivity index is 1.36. The maximum absolute atomic E-state index is 13.6. The van der Waals surface area contributed by atoms with Crippen LogP contribution in [0.3, 0.4) is 0 Å². The van der Waals surface area contributed by atoms with E-state index in [1.807, 2.05) is 54.6 Å². The lowest BCUT2D eigenvalue weighted by Crippen LogP contribution is -2.55. The van der Waals surface area contributed by atoms with Gasteiger partial charge in [-0.25, -0.2) is 8.78 Å². The van der Waals surface area contributed by atoms with Crippen molar-refractivity contribution in [1.82, 2.24) is 0 Å². The lowest BCUT2D eigenvalue weighted by Gasteiger charge is -2.47. The Morgan fingerprint density at radius 2 is 1.49 bits per heavy atom. The third-order valence-electron chi connectivity index (χ3n) is 6.86. The van der Waals surface area contributed by atoms with Gasteiger partial charge in [-0.2, -0.15) is 0 Å². The van der Waals surface area contributed by atoms with Crippen molar-refractivity contribution >= 4 is 17.3 Å². The van der Waals surface area contributed by atoms with Gasteiger partial charge in [0, 0.05) is 5.69 Å². The Kier molecular flexibility index (Phi) is 7.96. The van der Waals surface area contributed by atoms with Gasteiger partial charge in [-0.05, 0) is 78.1 Å². The van der Waals surface area contributed by atoms with Crippen LogP contribution in [0.4, 0.5) is 14.5 Å². The minimum Gasteiger partial charge on any atom is -0.489 e. The number of amides is 1. The molecule has 7 heteroatoms. The second-order valence-corrected chi connectivity index (χ2v) is 9.35. The zero-order valence-electron chi connectivity index (χ0n) is 21.5. The third-order valence-corrected chi connectivity index (χ3v) is 6.86. The van der Waals surface area contributed by atoms with Crippen LogP contribution < -0.4 is 9.64 Å².